The number of unbranched alkanes of at least 4 members (excludes halogenated alkanes) is 12. The molecule has 2 aromatic carbocycles. The summed E-state index contributed by atoms with van der Waals surface area (Å²) in [7, 11) is 0. The van der Waals surface area contributed by atoms with Gasteiger partial charge in [-0.1, -0.05) is 116 Å². The number of aromatic hydroxyl groups is 2. The predicted octanol–water partition coefficient (Wildman–Crippen LogP) is 7.32. The number of hydrogen-bond acceptors (Lipinski definition) is 6. The molecular weight excluding hydrogens is 608 g/mol. The maximum absolute atomic E-state index is 13.2. The number of hydrazine groups is 2. The highest BCUT2D eigenvalue weighted by atomic mass is 16.3. The van der Waals surface area contributed by atoms with Crippen LogP contribution in [0.1, 0.15) is 155 Å². The predicted molar refractivity (Wildman–Crippen MR) is 189 cm³/mol. The maximum atomic E-state index is 13.2. The summed E-state index contributed by atoms with van der Waals surface area (Å²) in [6.45, 7) is 6.43. The summed E-state index contributed by atoms with van der Waals surface area (Å²) in [6, 6.07) is 9.70. The molecular formula is C38H58N4O6. The molecule has 2 rings (SSSR count). The Morgan fingerprint density at radius 2 is 0.896 bits per heavy atom. The molecule has 4 amide bonds. The highest BCUT2D eigenvalue weighted by Crippen LogP contribution is 2.22. The molecule has 0 spiro atoms. The minimum absolute atomic E-state index is 0.000243. The fourth-order valence-electron chi connectivity index (χ4n) is 5.59. The van der Waals surface area contributed by atoms with Crippen molar-refractivity contribution in [2.75, 3.05) is 0 Å². The van der Waals surface area contributed by atoms with Gasteiger partial charge in [-0.2, -0.15) is 0 Å². The van der Waals surface area contributed by atoms with E-state index in [0.29, 0.717) is 6.42 Å². The Morgan fingerprint density at radius 1 is 0.521 bits per heavy atom. The number of aryl methyl sites for hydroxylation is 2. The number of hydrogen-bond donors (Lipinski definition) is 6. The number of phenols is 2. The standard InChI is InChI=1S/C38H58N4O6/c1-4-7-10-13-14-15-18-21-32(37(47)41-39-35(45)30-24-22-28(26-33(30)43)19-16-11-8-5-2)38(48)42-40-36(46)31-25-23-29(27-34(31)44)20-17-12-9-6-3/h22-27,32,43-44H,4-21H2,1-3H3,(H,39,45)(H,40,46)(H,41,47)(H,42,48). The fourth-order valence-corrected chi connectivity index (χ4v) is 5.59. The number of rotatable bonds is 22. The third kappa shape index (κ3) is 14.8. The van der Waals surface area contributed by atoms with Crippen molar-refractivity contribution in [1.82, 2.24) is 21.7 Å². The normalized spacial score (nSPS) is 10.9. The molecule has 0 radical (unpaired) electrons. The second-order valence-electron chi connectivity index (χ2n) is 12.7. The van der Waals surface area contributed by atoms with Gasteiger partial charge in [0.25, 0.3) is 23.6 Å². The van der Waals surface area contributed by atoms with Crippen LogP contribution in [0.4, 0.5) is 0 Å². The van der Waals surface area contributed by atoms with E-state index < -0.39 is 29.5 Å². The van der Waals surface area contributed by atoms with Crippen LogP contribution in [0.5, 0.6) is 11.5 Å². The molecule has 0 aliphatic rings. The number of carbonyl (C=O) groups is 4. The Morgan fingerprint density at radius 3 is 1.29 bits per heavy atom. The molecule has 6 N–H and O–H groups in total. The Labute approximate surface area is 286 Å². The molecule has 0 aliphatic carbocycles. The van der Waals surface area contributed by atoms with E-state index in [1.165, 1.54) is 18.6 Å². The van der Waals surface area contributed by atoms with Gasteiger partial charge in [0.15, 0.2) is 0 Å². The fraction of sp³-hybridized carbons (Fsp3) is 0.579. The van der Waals surface area contributed by atoms with Crippen LogP contribution in [-0.2, 0) is 22.4 Å². The molecule has 0 bridgehead atoms. The molecule has 0 atom stereocenters. The van der Waals surface area contributed by atoms with E-state index in [2.05, 4.69) is 42.5 Å². The van der Waals surface area contributed by atoms with Crippen LogP contribution in [-0.4, -0.2) is 33.8 Å². The third-order valence-corrected chi connectivity index (χ3v) is 8.58. The highest BCUT2D eigenvalue weighted by molar-refractivity contribution is 6.04. The SMILES string of the molecule is CCCCCCCCCC(C(=O)NNC(=O)c1ccc(CCCCCC)cc1O)C(=O)NNC(=O)c1ccc(CCCCCC)cc1O. The van der Waals surface area contributed by atoms with E-state index in [0.717, 1.165) is 107 Å². The van der Waals surface area contributed by atoms with Crippen molar-refractivity contribution in [2.24, 2.45) is 5.92 Å². The summed E-state index contributed by atoms with van der Waals surface area (Å²) in [5, 5.41) is 20.9. The lowest BCUT2D eigenvalue weighted by Crippen LogP contribution is -2.51. The van der Waals surface area contributed by atoms with Gasteiger partial charge in [-0.15, -0.1) is 0 Å². The van der Waals surface area contributed by atoms with Crippen molar-refractivity contribution >= 4 is 23.6 Å². The van der Waals surface area contributed by atoms with Gasteiger partial charge < -0.3 is 10.2 Å². The molecule has 0 aromatic heterocycles. The van der Waals surface area contributed by atoms with Crippen LogP contribution in [0.25, 0.3) is 0 Å². The van der Waals surface area contributed by atoms with E-state index in [1.54, 1.807) is 24.3 Å². The zero-order valence-electron chi connectivity index (χ0n) is 29.3. The Kier molecular flexibility index (Phi) is 19.4. The largest absolute Gasteiger partial charge is 0.507 e. The molecule has 0 heterocycles. The van der Waals surface area contributed by atoms with Crippen molar-refractivity contribution in [3.05, 3.63) is 58.7 Å². The summed E-state index contributed by atoms with van der Waals surface area (Å²) in [4.78, 5) is 51.9. The van der Waals surface area contributed by atoms with Gasteiger partial charge in [-0.05, 0) is 67.5 Å². The topological polar surface area (TPSA) is 157 Å². The van der Waals surface area contributed by atoms with Crippen molar-refractivity contribution in [2.45, 2.75) is 136 Å². The number of phenolic OH excluding ortho intramolecular Hbond substituents is 2. The summed E-state index contributed by atoms with van der Waals surface area (Å²) < 4.78 is 0. The lowest BCUT2D eigenvalue weighted by molar-refractivity contribution is -0.136. The van der Waals surface area contributed by atoms with Crippen molar-refractivity contribution in [3.8, 4) is 11.5 Å². The first-order valence-electron chi connectivity index (χ1n) is 18.1. The van der Waals surface area contributed by atoms with E-state index in [1.807, 2.05) is 0 Å². The average Bonchev–Trinajstić information content (AvgIpc) is 3.07. The molecule has 0 saturated heterocycles. The number of nitrogens with one attached hydrogen (secondary N) is 4. The lowest BCUT2D eigenvalue weighted by Gasteiger charge is -2.18. The molecule has 2 aromatic rings. The molecule has 0 saturated carbocycles. The number of amides is 4. The molecule has 10 heteroatoms. The monoisotopic (exact) mass is 666 g/mol. The first kappa shape index (κ1) is 40.1. The van der Waals surface area contributed by atoms with Gasteiger partial charge in [0, 0.05) is 0 Å². The second kappa shape index (κ2) is 23.3. The van der Waals surface area contributed by atoms with Gasteiger partial charge >= 0.3 is 0 Å². The molecule has 266 valence electrons. The Balaban J connectivity index is 1.99. The highest BCUT2D eigenvalue weighted by Gasteiger charge is 2.28. The third-order valence-electron chi connectivity index (χ3n) is 8.58. The van der Waals surface area contributed by atoms with Gasteiger partial charge in [0.2, 0.25) is 0 Å². The lowest BCUT2D eigenvalue weighted by atomic mass is 9.98. The van der Waals surface area contributed by atoms with Gasteiger partial charge in [-0.3, -0.25) is 40.9 Å². The van der Waals surface area contributed by atoms with Crippen molar-refractivity contribution in [3.63, 3.8) is 0 Å². The minimum Gasteiger partial charge on any atom is -0.507 e. The summed E-state index contributed by atoms with van der Waals surface area (Å²) >= 11 is 0. The quantitative estimate of drug-likeness (QED) is 0.0439. The van der Waals surface area contributed by atoms with Crippen molar-refractivity contribution in [1.29, 1.82) is 0 Å². The Bertz CT molecular complexity index is 1210. The molecule has 10 nitrogen and oxygen atoms in total. The van der Waals surface area contributed by atoms with E-state index in [4.69, 9.17) is 0 Å². The number of carbonyl (C=O) groups excluding carboxylic acids is 4. The van der Waals surface area contributed by atoms with E-state index >= 15 is 0 Å². The van der Waals surface area contributed by atoms with Crippen LogP contribution < -0.4 is 21.7 Å². The van der Waals surface area contributed by atoms with Crippen LogP contribution in [0.2, 0.25) is 0 Å². The first-order chi connectivity index (χ1) is 23.2. The molecule has 0 unspecified atom stereocenters. The van der Waals surface area contributed by atoms with Crippen LogP contribution >= 0.6 is 0 Å². The Hall–Kier alpha value is -4.08. The summed E-state index contributed by atoms with van der Waals surface area (Å²) in [6.07, 6.45) is 17.4. The second-order valence-corrected chi connectivity index (χ2v) is 12.7. The van der Waals surface area contributed by atoms with E-state index in [-0.39, 0.29) is 29.0 Å². The van der Waals surface area contributed by atoms with Gasteiger partial charge in [-0.25, -0.2) is 0 Å². The molecule has 48 heavy (non-hydrogen) atoms. The maximum Gasteiger partial charge on any atom is 0.273 e. The van der Waals surface area contributed by atoms with Crippen LogP contribution in [0.3, 0.4) is 0 Å². The van der Waals surface area contributed by atoms with Gasteiger partial charge in [0.1, 0.15) is 17.4 Å². The zero-order chi connectivity index (χ0) is 35.1. The molecule has 0 aliphatic heterocycles. The van der Waals surface area contributed by atoms with Crippen LogP contribution in [0, 0.1) is 5.92 Å². The van der Waals surface area contributed by atoms with Crippen molar-refractivity contribution < 1.29 is 29.4 Å². The summed E-state index contributed by atoms with van der Waals surface area (Å²) in [5.74, 6) is -4.52. The summed E-state index contributed by atoms with van der Waals surface area (Å²) in [5.41, 5.74) is 11.1. The van der Waals surface area contributed by atoms with E-state index in [9.17, 15) is 29.4 Å². The van der Waals surface area contributed by atoms with Gasteiger partial charge in [0.05, 0.1) is 11.1 Å². The number of benzene rings is 2. The molecule has 0 fully saturated rings. The first-order valence-corrected chi connectivity index (χ1v) is 18.1. The zero-order valence-corrected chi connectivity index (χ0v) is 29.3. The smallest absolute Gasteiger partial charge is 0.273 e. The van der Waals surface area contributed by atoms with Crippen LogP contribution in [0.15, 0.2) is 36.4 Å². The average molecular weight is 667 g/mol. The minimum atomic E-state index is -1.21.